The van der Waals surface area contributed by atoms with Crippen molar-refractivity contribution in [1.82, 2.24) is 9.88 Å². The number of hydrogen-bond donors (Lipinski definition) is 3. The number of aromatic nitrogens is 1. The Hall–Kier alpha value is -5.19. The second kappa shape index (κ2) is 14.3. The second-order valence-corrected chi connectivity index (χ2v) is 12.1. The average molecular weight is 651 g/mol. The van der Waals surface area contributed by atoms with E-state index in [1.54, 1.807) is 57.8 Å². The Morgan fingerprint density at radius 3 is 2.42 bits per heavy atom. The van der Waals surface area contributed by atoms with Crippen molar-refractivity contribution in [3.8, 4) is 22.6 Å². The van der Waals surface area contributed by atoms with Crippen LogP contribution in [0.3, 0.4) is 0 Å². The zero-order chi connectivity index (χ0) is 33.8. The van der Waals surface area contributed by atoms with E-state index in [0.29, 0.717) is 42.9 Å². The Balaban J connectivity index is 1.26. The molecule has 1 saturated heterocycles. The number of amides is 1. The monoisotopic (exact) mass is 650 g/mol. The molecule has 9 nitrogen and oxygen atoms in total. The molecule has 1 aromatic heterocycles. The van der Waals surface area contributed by atoms with Crippen molar-refractivity contribution in [3.63, 3.8) is 0 Å². The fourth-order valence-electron chi connectivity index (χ4n) is 6.11. The van der Waals surface area contributed by atoms with Crippen LogP contribution in [0.15, 0.2) is 90.1 Å². The molecule has 4 N–H and O–H groups in total. The summed E-state index contributed by atoms with van der Waals surface area (Å²) in [6.45, 7) is 3.70. The van der Waals surface area contributed by atoms with Crippen LogP contribution < -0.4 is 31.3 Å². The fourth-order valence-corrected chi connectivity index (χ4v) is 6.11. The maximum atomic E-state index is 15.1. The number of nitrogens with zero attached hydrogens (tertiary/aromatic N) is 1. The number of benzene rings is 3. The van der Waals surface area contributed by atoms with Crippen molar-refractivity contribution >= 4 is 22.7 Å². The molecule has 6 rings (SSSR count). The molecule has 1 atom stereocenters. The number of ether oxygens (including phenoxy) is 3. The van der Waals surface area contributed by atoms with Gasteiger partial charge in [0.15, 0.2) is 11.5 Å². The molecule has 0 radical (unpaired) electrons. The van der Waals surface area contributed by atoms with E-state index in [2.05, 4.69) is 10.6 Å². The summed E-state index contributed by atoms with van der Waals surface area (Å²) in [5.74, 6) is 0.489. The summed E-state index contributed by atoms with van der Waals surface area (Å²) in [7, 11) is 3.19. The molecule has 48 heavy (non-hydrogen) atoms. The number of methoxy groups -OCH3 is 2. The van der Waals surface area contributed by atoms with Crippen LogP contribution in [0.25, 0.3) is 22.3 Å². The maximum Gasteiger partial charge on any atom is 0.261 e. The molecule has 248 valence electrons. The van der Waals surface area contributed by atoms with Crippen LogP contribution in [0.1, 0.15) is 39.9 Å². The van der Waals surface area contributed by atoms with Gasteiger partial charge in [-0.05, 0) is 89.9 Å². The van der Waals surface area contributed by atoms with Crippen molar-refractivity contribution < 1.29 is 23.4 Å². The van der Waals surface area contributed by atoms with Gasteiger partial charge in [-0.2, -0.15) is 0 Å². The molecule has 0 aliphatic carbocycles. The predicted octanol–water partition coefficient (Wildman–Crippen LogP) is 5.97. The van der Waals surface area contributed by atoms with E-state index >= 15 is 4.39 Å². The fraction of sp³-hybridized carbons (Fsp3) is 0.263. The topological polar surface area (TPSA) is 117 Å². The maximum absolute atomic E-state index is 15.1. The smallest absolute Gasteiger partial charge is 0.261 e. The summed E-state index contributed by atoms with van der Waals surface area (Å²) in [4.78, 5) is 27.3. The summed E-state index contributed by atoms with van der Waals surface area (Å²) in [5, 5.41) is 6.08. The van der Waals surface area contributed by atoms with Gasteiger partial charge in [0.25, 0.3) is 5.91 Å². The standard InChI is InChI=1S/C38H39FN4O5/c1-23-4-10-29(33(39)16-23)31-21-43(20-24-12-14-48-15-13-24)22-32(36(31)44)38(45)42-28-8-5-25(6-9-28)30-17-27(19-41-37(30)40)26-7-11-34(46-2)35(18-26)47-3/h4-11,16-19,21-22,24,37,41H,12-15,20,40H2,1-3H3,(H,42,45). The van der Waals surface area contributed by atoms with Crippen molar-refractivity contribution in [1.29, 1.82) is 0 Å². The SMILES string of the molecule is COc1ccc(C2=CNC(N)C(c3ccc(NC(=O)c4cn(CC5CCOCC5)cc(-c5ccc(C)cc5F)c4=O)cc3)=C2)cc1OC. The van der Waals surface area contributed by atoms with E-state index < -0.39 is 23.3 Å². The highest BCUT2D eigenvalue weighted by Gasteiger charge is 2.22. The van der Waals surface area contributed by atoms with Gasteiger partial charge in [0.2, 0.25) is 5.43 Å². The van der Waals surface area contributed by atoms with E-state index in [9.17, 15) is 9.59 Å². The summed E-state index contributed by atoms with van der Waals surface area (Å²) in [5.41, 5.74) is 10.9. The number of rotatable bonds is 9. The summed E-state index contributed by atoms with van der Waals surface area (Å²) >= 11 is 0. The first kappa shape index (κ1) is 32.7. The van der Waals surface area contributed by atoms with Gasteiger partial charge < -0.3 is 35.1 Å². The minimum absolute atomic E-state index is 0.0606. The average Bonchev–Trinajstić information content (AvgIpc) is 3.10. The Bertz CT molecular complexity index is 1940. The van der Waals surface area contributed by atoms with Gasteiger partial charge in [-0.3, -0.25) is 9.59 Å². The number of nitrogens with one attached hydrogen (secondary N) is 2. The van der Waals surface area contributed by atoms with Crippen LogP contribution in [0, 0.1) is 18.7 Å². The van der Waals surface area contributed by atoms with Crippen LogP contribution in [0.5, 0.6) is 11.5 Å². The van der Waals surface area contributed by atoms with Crippen molar-refractivity contribution in [2.24, 2.45) is 11.7 Å². The van der Waals surface area contributed by atoms with E-state index in [0.717, 1.165) is 40.7 Å². The normalized spacial score (nSPS) is 16.4. The van der Waals surface area contributed by atoms with Gasteiger partial charge in [0.05, 0.1) is 14.2 Å². The third-order valence-electron chi connectivity index (χ3n) is 8.81. The number of dihydropyridines is 1. The predicted molar refractivity (Wildman–Crippen MR) is 185 cm³/mol. The molecular weight excluding hydrogens is 611 g/mol. The lowest BCUT2D eigenvalue weighted by atomic mass is 9.95. The molecule has 3 aromatic carbocycles. The summed E-state index contributed by atoms with van der Waals surface area (Å²) < 4.78 is 33.3. The first-order valence-electron chi connectivity index (χ1n) is 15.9. The number of nitrogens with two attached hydrogens (primary N) is 1. The Labute approximate surface area is 278 Å². The zero-order valence-electron chi connectivity index (χ0n) is 27.2. The van der Waals surface area contributed by atoms with Crippen LogP contribution in [-0.2, 0) is 11.3 Å². The minimum Gasteiger partial charge on any atom is -0.493 e. The number of carbonyl (C=O) groups excluding carboxylic acids is 1. The molecule has 3 heterocycles. The molecule has 0 spiro atoms. The molecule has 2 aliphatic heterocycles. The molecule has 1 amide bonds. The second-order valence-electron chi connectivity index (χ2n) is 12.1. The number of aryl methyl sites for hydroxylation is 1. The van der Waals surface area contributed by atoms with Crippen molar-refractivity contribution in [2.45, 2.75) is 32.5 Å². The molecule has 10 heteroatoms. The molecule has 0 bridgehead atoms. The highest BCUT2D eigenvalue weighted by molar-refractivity contribution is 6.04. The first-order chi connectivity index (χ1) is 23.2. The van der Waals surface area contributed by atoms with Crippen LogP contribution >= 0.6 is 0 Å². The number of anilines is 1. The third kappa shape index (κ3) is 7.05. The Kier molecular flexibility index (Phi) is 9.75. The van der Waals surface area contributed by atoms with Gasteiger partial charge in [-0.15, -0.1) is 0 Å². The lowest BCUT2D eigenvalue weighted by Gasteiger charge is -2.24. The third-order valence-corrected chi connectivity index (χ3v) is 8.81. The number of hydrogen-bond acceptors (Lipinski definition) is 7. The largest absolute Gasteiger partial charge is 0.493 e. The van der Waals surface area contributed by atoms with E-state index in [4.69, 9.17) is 19.9 Å². The van der Waals surface area contributed by atoms with Gasteiger partial charge in [-0.25, -0.2) is 4.39 Å². The molecular formula is C38H39FN4O5. The Morgan fingerprint density at radius 2 is 1.71 bits per heavy atom. The van der Waals surface area contributed by atoms with Gasteiger partial charge in [0, 0.05) is 55.2 Å². The van der Waals surface area contributed by atoms with Crippen LogP contribution in [-0.4, -0.2) is 44.1 Å². The van der Waals surface area contributed by atoms with Crippen molar-refractivity contribution in [3.05, 3.63) is 124 Å². The highest BCUT2D eigenvalue weighted by Crippen LogP contribution is 2.33. The van der Waals surface area contributed by atoms with Crippen LogP contribution in [0.4, 0.5) is 10.1 Å². The number of carbonyl (C=O) groups is 1. The first-order valence-corrected chi connectivity index (χ1v) is 15.9. The number of allylic oxidation sites excluding steroid dienone is 2. The minimum atomic E-state index is -0.572. The number of halogens is 1. The Morgan fingerprint density at radius 1 is 0.979 bits per heavy atom. The van der Waals surface area contributed by atoms with E-state index in [-0.39, 0.29) is 16.7 Å². The van der Waals surface area contributed by atoms with Gasteiger partial charge in [0.1, 0.15) is 17.5 Å². The zero-order valence-corrected chi connectivity index (χ0v) is 27.2. The summed E-state index contributed by atoms with van der Waals surface area (Å²) in [6, 6.07) is 17.7. The van der Waals surface area contributed by atoms with E-state index in [1.807, 2.05) is 47.2 Å². The van der Waals surface area contributed by atoms with Crippen LogP contribution in [0.2, 0.25) is 0 Å². The van der Waals surface area contributed by atoms with Gasteiger partial charge in [-0.1, -0.05) is 30.3 Å². The molecule has 2 aliphatic rings. The lowest BCUT2D eigenvalue weighted by molar-refractivity contribution is 0.0612. The van der Waals surface area contributed by atoms with Crippen molar-refractivity contribution in [2.75, 3.05) is 32.8 Å². The highest BCUT2D eigenvalue weighted by atomic mass is 19.1. The lowest BCUT2D eigenvalue weighted by Crippen LogP contribution is -2.36. The van der Waals surface area contributed by atoms with Gasteiger partial charge >= 0.3 is 0 Å². The molecule has 4 aromatic rings. The molecule has 1 fully saturated rings. The molecule has 0 saturated carbocycles. The number of pyridine rings is 1. The van der Waals surface area contributed by atoms with E-state index in [1.165, 1.54) is 6.07 Å². The quantitative estimate of drug-likeness (QED) is 0.204. The molecule has 1 unspecified atom stereocenters. The summed E-state index contributed by atoms with van der Waals surface area (Å²) in [6.07, 6.45) is 8.37.